The van der Waals surface area contributed by atoms with Crippen molar-refractivity contribution >= 4 is 39.3 Å². The molecule has 0 amide bonds. The second kappa shape index (κ2) is 6.49. The van der Waals surface area contributed by atoms with Crippen molar-refractivity contribution in [2.45, 2.75) is 19.8 Å². The van der Waals surface area contributed by atoms with Gasteiger partial charge in [0.05, 0.1) is 16.0 Å². The summed E-state index contributed by atoms with van der Waals surface area (Å²) in [5, 5.41) is 0.609. The predicted molar refractivity (Wildman–Crippen MR) is 108 cm³/mol. The molecule has 3 aromatic rings. The minimum absolute atomic E-state index is 0.243. The standard InChI is InChI=1S/C20H18FN5S/c1-12-10-22-11-14(12)15-5-6-16-19(23-15)25-20(27-16)13-4-7-17(24-18(13)21)26-8-2-3-9-26/h4-7,10-12H,2-3,8-9H2,1H3. The van der Waals surface area contributed by atoms with Crippen LogP contribution in [0.25, 0.3) is 26.5 Å². The van der Waals surface area contributed by atoms with Crippen LogP contribution in [0.3, 0.4) is 0 Å². The smallest absolute Gasteiger partial charge is 0.225 e. The van der Waals surface area contributed by atoms with Crippen molar-refractivity contribution in [1.82, 2.24) is 15.0 Å². The van der Waals surface area contributed by atoms with E-state index >= 15 is 0 Å². The van der Waals surface area contributed by atoms with E-state index in [0.717, 1.165) is 41.9 Å². The third kappa shape index (κ3) is 2.92. The highest BCUT2D eigenvalue weighted by atomic mass is 32.1. The summed E-state index contributed by atoms with van der Waals surface area (Å²) in [4.78, 5) is 19.7. The van der Waals surface area contributed by atoms with Crippen molar-refractivity contribution in [3.05, 3.63) is 42.1 Å². The first-order valence-electron chi connectivity index (χ1n) is 9.12. The van der Waals surface area contributed by atoms with Gasteiger partial charge in [-0.05, 0) is 37.1 Å². The maximum atomic E-state index is 14.7. The van der Waals surface area contributed by atoms with Crippen molar-refractivity contribution in [1.29, 1.82) is 0 Å². The zero-order chi connectivity index (χ0) is 18.4. The van der Waals surface area contributed by atoms with E-state index in [2.05, 4.69) is 31.8 Å². The first-order chi connectivity index (χ1) is 13.2. The van der Waals surface area contributed by atoms with Gasteiger partial charge in [-0.1, -0.05) is 6.92 Å². The summed E-state index contributed by atoms with van der Waals surface area (Å²) < 4.78 is 15.6. The van der Waals surface area contributed by atoms with Gasteiger partial charge >= 0.3 is 0 Å². The first-order valence-corrected chi connectivity index (χ1v) is 9.94. The van der Waals surface area contributed by atoms with Gasteiger partial charge in [-0.15, -0.1) is 11.3 Å². The van der Waals surface area contributed by atoms with E-state index in [0.29, 0.717) is 22.0 Å². The van der Waals surface area contributed by atoms with E-state index in [-0.39, 0.29) is 5.92 Å². The predicted octanol–water partition coefficient (Wildman–Crippen LogP) is 4.55. The number of hydrogen-bond donors (Lipinski definition) is 0. The topological polar surface area (TPSA) is 54.3 Å². The third-order valence-electron chi connectivity index (χ3n) is 5.06. The van der Waals surface area contributed by atoms with Gasteiger partial charge in [0.2, 0.25) is 5.95 Å². The molecule has 27 heavy (non-hydrogen) atoms. The monoisotopic (exact) mass is 379 g/mol. The SMILES string of the molecule is CC1C=NC=C1c1ccc2sc(-c3ccc(N4CCCC4)nc3F)nc2n1. The number of rotatable bonds is 3. The van der Waals surface area contributed by atoms with Crippen LogP contribution in [0.4, 0.5) is 10.2 Å². The van der Waals surface area contributed by atoms with Crippen LogP contribution in [0, 0.1) is 11.9 Å². The fraction of sp³-hybridized carbons (Fsp3) is 0.300. The summed E-state index contributed by atoms with van der Waals surface area (Å²) in [6.45, 7) is 3.97. The minimum atomic E-state index is -0.473. The van der Waals surface area contributed by atoms with Crippen LogP contribution in [-0.2, 0) is 0 Å². The first kappa shape index (κ1) is 16.5. The maximum absolute atomic E-state index is 14.7. The number of anilines is 1. The minimum Gasteiger partial charge on any atom is -0.357 e. The van der Waals surface area contributed by atoms with Crippen LogP contribution in [0.15, 0.2) is 35.5 Å². The van der Waals surface area contributed by atoms with Crippen LogP contribution >= 0.6 is 11.3 Å². The van der Waals surface area contributed by atoms with Gasteiger partial charge in [0.25, 0.3) is 0 Å². The highest BCUT2D eigenvalue weighted by Crippen LogP contribution is 2.33. The van der Waals surface area contributed by atoms with E-state index in [1.807, 2.05) is 30.6 Å². The molecular weight excluding hydrogens is 361 g/mol. The molecule has 0 N–H and O–H groups in total. The summed E-state index contributed by atoms with van der Waals surface area (Å²) >= 11 is 1.44. The number of nitrogens with zero attached hydrogens (tertiary/aromatic N) is 5. The molecule has 5 nitrogen and oxygen atoms in total. The summed E-state index contributed by atoms with van der Waals surface area (Å²) in [5.41, 5.74) is 3.01. The van der Waals surface area contributed by atoms with Crippen LogP contribution in [0.1, 0.15) is 25.5 Å². The van der Waals surface area contributed by atoms with Crippen molar-refractivity contribution < 1.29 is 4.39 Å². The Morgan fingerprint density at radius 3 is 2.67 bits per heavy atom. The van der Waals surface area contributed by atoms with Crippen molar-refractivity contribution in [2.75, 3.05) is 18.0 Å². The molecule has 136 valence electrons. The molecule has 0 aliphatic carbocycles. The normalized spacial score (nSPS) is 19.3. The molecular formula is C20H18FN5S. The highest BCUT2D eigenvalue weighted by molar-refractivity contribution is 7.21. The lowest BCUT2D eigenvalue weighted by Crippen LogP contribution is -2.19. The van der Waals surface area contributed by atoms with Gasteiger partial charge < -0.3 is 4.90 Å². The number of hydrogen-bond acceptors (Lipinski definition) is 6. The Morgan fingerprint density at radius 1 is 1.07 bits per heavy atom. The van der Waals surface area contributed by atoms with Crippen molar-refractivity contribution in [3.8, 4) is 10.6 Å². The fourth-order valence-electron chi connectivity index (χ4n) is 3.55. The van der Waals surface area contributed by atoms with E-state index in [4.69, 9.17) is 0 Å². The number of fused-ring (bicyclic) bond motifs is 1. The Balaban J connectivity index is 1.50. The molecule has 2 aliphatic heterocycles. The van der Waals surface area contributed by atoms with Gasteiger partial charge in [0, 0.05) is 37.0 Å². The summed E-state index contributed by atoms with van der Waals surface area (Å²) in [6.07, 6.45) is 6.01. The zero-order valence-electron chi connectivity index (χ0n) is 14.9. The molecule has 0 bridgehead atoms. The molecule has 2 aliphatic rings. The molecule has 1 atom stereocenters. The molecule has 0 saturated carbocycles. The number of allylic oxidation sites excluding steroid dienone is 1. The molecule has 0 spiro atoms. The van der Waals surface area contributed by atoms with Gasteiger partial charge in [-0.2, -0.15) is 4.39 Å². The highest BCUT2D eigenvalue weighted by Gasteiger charge is 2.19. The maximum Gasteiger partial charge on any atom is 0.225 e. The lowest BCUT2D eigenvalue weighted by molar-refractivity contribution is 0.586. The molecule has 1 unspecified atom stereocenters. The zero-order valence-corrected chi connectivity index (χ0v) is 15.7. The van der Waals surface area contributed by atoms with Crippen LogP contribution < -0.4 is 4.90 Å². The number of halogens is 1. The third-order valence-corrected chi connectivity index (χ3v) is 6.10. The second-order valence-electron chi connectivity index (χ2n) is 6.91. The Labute approximate surface area is 160 Å². The van der Waals surface area contributed by atoms with Crippen LogP contribution in [0.5, 0.6) is 0 Å². The van der Waals surface area contributed by atoms with E-state index in [1.54, 1.807) is 6.07 Å². The van der Waals surface area contributed by atoms with Gasteiger partial charge in [0.1, 0.15) is 10.8 Å². The molecule has 5 rings (SSSR count). The van der Waals surface area contributed by atoms with Crippen LogP contribution in [-0.4, -0.2) is 34.3 Å². The average Bonchev–Trinajstić information content (AvgIpc) is 3.41. The Kier molecular flexibility index (Phi) is 3.97. The van der Waals surface area contributed by atoms with Crippen LogP contribution in [0.2, 0.25) is 0 Å². The Hall–Kier alpha value is -2.67. The van der Waals surface area contributed by atoms with E-state index in [9.17, 15) is 4.39 Å². The quantitative estimate of drug-likeness (QED) is 0.626. The lowest BCUT2D eigenvalue weighted by atomic mass is 10.0. The van der Waals surface area contributed by atoms with Gasteiger partial charge in [-0.3, -0.25) is 4.99 Å². The van der Waals surface area contributed by atoms with Crippen molar-refractivity contribution in [3.63, 3.8) is 0 Å². The number of aromatic nitrogens is 3. The Morgan fingerprint density at radius 2 is 1.93 bits per heavy atom. The fourth-order valence-corrected chi connectivity index (χ4v) is 4.47. The molecule has 1 fully saturated rings. The molecule has 5 heterocycles. The molecule has 0 radical (unpaired) electrons. The molecule has 1 saturated heterocycles. The number of pyridine rings is 2. The second-order valence-corrected chi connectivity index (χ2v) is 7.94. The van der Waals surface area contributed by atoms with Gasteiger partial charge in [-0.25, -0.2) is 15.0 Å². The lowest BCUT2D eigenvalue weighted by Gasteiger charge is -2.16. The van der Waals surface area contributed by atoms with E-state index < -0.39 is 5.95 Å². The Bertz CT molecular complexity index is 1080. The van der Waals surface area contributed by atoms with Gasteiger partial charge in [0.15, 0.2) is 5.65 Å². The molecule has 7 heteroatoms. The summed E-state index contributed by atoms with van der Waals surface area (Å²) in [7, 11) is 0. The number of aliphatic imine (C=N–C) groups is 1. The summed E-state index contributed by atoms with van der Waals surface area (Å²) in [5.74, 6) is 0.476. The largest absolute Gasteiger partial charge is 0.357 e. The number of thiazole rings is 1. The molecule has 0 aromatic carbocycles. The average molecular weight is 379 g/mol. The van der Waals surface area contributed by atoms with E-state index in [1.165, 1.54) is 11.3 Å². The van der Waals surface area contributed by atoms with Crippen molar-refractivity contribution in [2.24, 2.45) is 10.9 Å². The summed E-state index contributed by atoms with van der Waals surface area (Å²) in [6, 6.07) is 7.64. The molecule has 3 aromatic heterocycles.